The number of likely N-dealkylation sites (N-methyl/N-ethyl adjacent to an activating group) is 1. The first-order chi connectivity index (χ1) is 13.4. The average Bonchev–Trinajstić information content (AvgIpc) is 3.28. The van der Waals surface area contributed by atoms with Gasteiger partial charge in [0.1, 0.15) is 6.54 Å². The molecular formula is C20H24ClN5O2. The summed E-state index contributed by atoms with van der Waals surface area (Å²) in [5.74, 6) is -0.238. The van der Waals surface area contributed by atoms with Crippen LogP contribution < -0.4 is 5.32 Å². The van der Waals surface area contributed by atoms with E-state index in [-0.39, 0.29) is 24.5 Å². The summed E-state index contributed by atoms with van der Waals surface area (Å²) >= 11 is 6.02. The number of rotatable bonds is 5. The second-order valence-corrected chi connectivity index (χ2v) is 7.19. The molecular weight excluding hydrogens is 378 g/mol. The second kappa shape index (κ2) is 8.48. The normalized spacial score (nSPS) is 16.1. The lowest BCUT2D eigenvalue weighted by atomic mass is 10.0. The van der Waals surface area contributed by atoms with Gasteiger partial charge in [-0.15, -0.1) is 0 Å². The molecule has 3 rings (SSSR count). The van der Waals surface area contributed by atoms with Crippen LogP contribution in [-0.2, 0) is 11.8 Å². The van der Waals surface area contributed by atoms with Crippen molar-refractivity contribution < 1.29 is 9.59 Å². The molecule has 3 amide bonds. The van der Waals surface area contributed by atoms with E-state index in [4.69, 9.17) is 11.6 Å². The molecule has 0 fully saturated rings. The molecule has 148 valence electrons. The van der Waals surface area contributed by atoms with E-state index >= 15 is 0 Å². The topological polar surface area (TPSA) is 69.9 Å². The molecule has 1 aliphatic rings. The molecule has 1 atom stereocenters. The predicted molar refractivity (Wildman–Crippen MR) is 109 cm³/mol. The quantitative estimate of drug-likeness (QED) is 0.836. The molecule has 1 aliphatic heterocycles. The van der Waals surface area contributed by atoms with Gasteiger partial charge >= 0.3 is 6.03 Å². The molecule has 1 N–H and O–H groups in total. The number of carbonyl (C=O) groups is 2. The Hall–Kier alpha value is -2.80. The van der Waals surface area contributed by atoms with Gasteiger partial charge in [-0.2, -0.15) is 5.10 Å². The Morgan fingerprint density at radius 1 is 1.29 bits per heavy atom. The molecule has 7 nitrogen and oxygen atoms in total. The summed E-state index contributed by atoms with van der Waals surface area (Å²) in [6.07, 6.45) is 2.54. The Morgan fingerprint density at radius 2 is 2.00 bits per heavy atom. The summed E-state index contributed by atoms with van der Waals surface area (Å²) in [6, 6.07) is 10.8. The van der Waals surface area contributed by atoms with Crippen LogP contribution in [0.4, 0.5) is 4.79 Å². The number of nitrogens with zero attached hydrogens (tertiary/aromatic N) is 4. The Kier molecular flexibility index (Phi) is 6.04. The standard InChI is InChI=1S/C20H24ClN5O2/c1-4-22-20(28)25(3)13-19(27)26-18(14-7-9-15(21)10-8-14)12-16(23-26)17-6-5-11-24(17)2/h5-11,18H,4,12-13H2,1-3H3,(H,22,28). The van der Waals surface area contributed by atoms with Crippen LogP contribution in [-0.4, -0.2) is 52.3 Å². The third kappa shape index (κ3) is 4.20. The molecule has 2 aromatic rings. The van der Waals surface area contributed by atoms with E-state index in [9.17, 15) is 9.59 Å². The number of aromatic nitrogens is 1. The van der Waals surface area contributed by atoms with E-state index in [0.29, 0.717) is 18.0 Å². The van der Waals surface area contributed by atoms with Gasteiger partial charge in [-0.1, -0.05) is 23.7 Å². The van der Waals surface area contributed by atoms with Crippen molar-refractivity contribution in [3.05, 3.63) is 58.9 Å². The van der Waals surface area contributed by atoms with Crippen LogP contribution in [0.2, 0.25) is 5.02 Å². The fourth-order valence-electron chi connectivity index (χ4n) is 3.23. The third-order valence-corrected chi connectivity index (χ3v) is 4.96. The van der Waals surface area contributed by atoms with Gasteiger partial charge in [-0.25, -0.2) is 9.80 Å². The van der Waals surface area contributed by atoms with E-state index in [0.717, 1.165) is 17.0 Å². The summed E-state index contributed by atoms with van der Waals surface area (Å²) in [4.78, 5) is 26.3. The average molecular weight is 402 g/mol. The predicted octanol–water partition coefficient (Wildman–Crippen LogP) is 3.02. The molecule has 1 aromatic heterocycles. The first-order valence-electron chi connectivity index (χ1n) is 9.16. The van der Waals surface area contributed by atoms with E-state index < -0.39 is 0 Å². The third-order valence-electron chi connectivity index (χ3n) is 4.71. The molecule has 0 spiro atoms. The zero-order chi connectivity index (χ0) is 20.3. The van der Waals surface area contributed by atoms with E-state index in [2.05, 4.69) is 10.4 Å². The van der Waals surface area contributed by atoms with Crippen molar-refractivity contribution in [2.24, 2.45) is 12.1 Å². The maximum atomic E-state index is 13.0. The minimum atomic E-state index is -0.287. The van der Waals surface area contributed by atoms with Crippen LogP contribution in [0.5, 0.6) is 0 Å². The number of halogens is 1. The number of nitrogens with one attached hydrogen (secondary N) is 1. The summed E-state index contributed by atoms with van der Waals surface area (Å²) < 4.78 is 1.98. The van der Waals surface area contributed by atoms with E-state index in [1.165, 1.54) is 9.91 Å². The SMILES string of the molecule is CCNC(=O)N(C)CC(=O)N1N=C(c2cccn2C)CC1c1ccc(Cl)cc1. The largest absolute Gasteiger partial charge is 0.350 e. The Labute approximate surface area is 169 Å². The lowest BCUT2D eigenvalue weighted by molar-refractivity contribution is -0.133. The number of carbonyl (C=O) groups excluding carboxylic acids is 2. The lowest BCUT2D eigenvalue weighted by Gasteiger charge is -2.25. The highest BCUT2D eigenvalue weighted by molar-refractivity contribution is 6.30. The van der Waals surface area contributed by atoms with Crippen molar-refractivity contribution in [2.75, 3.05) is 20.1 Å². The molecule has 8 heteroatoms. The smallest absolute Gasteiger partial charge is 0.317 e. The van der Waals surface area contributed by atoms with Gasteiger partial charge in [0.15, 0.2) is 0 Å². The number of hydrogen-bond acceptors (Lipinski definition) is 3. The Balaban J connectivity index is 1.87. The number of amides is 3. The number of aryl methyl sites for hydroxylation is 1. The minimum Gasteiger partial charge on any atom is -0.350 e. The van der Waals surface area contributed by atoms with Crippen molar-refractivity contribution in [3.63, 3.8) is 0 Å². The van der Waals surface area contributed by atoms with Crippen LogP contribution in [0.1, 0.15) is 30.6 Å². The summed E-state index contributed by atoms with van der Waals surface area (Å²) in [6.45, 7) is 2.28. The van der Waals surface area contributed by atoms with Gasteiger partial charge in [0, 0.05) is 38.3 Å². The minimum absolute atomic E-state index is 0.0557. The van der Waals surface area contributed by atoms with Gasteiger partial charge in [0.05, 0.1) is 17.4 Å². The van der Waals surface area contributed by atoms with Gasteiger partial charge in [-0.3, -0.25) is 4.79 Å². The maximum Gasteiger partial charge on any atom is 0.317 e. The molecule has 28 heavy (non-hydrogen) atoms. The molecule has 1 unspecified atom stereocenters. The first kappa shape index (κ1) is 19.9. The van der Waals surface area contributed by atoms with Gasteiger partial charge in [-0.05, 0) is 36.8 Å². The van der Waals surface area contributed by atoms with E-state index in [1.807, 2.05) is 49.0 Å². The molecule has 0 bridgehead atoms. The van der Waals surface area contributed by atoms with Crippen LogP contribution in [0.25, 0.3) is 0 Å². The molecule has 1 aromatic carbocycles. The molecule has 0 saturated carbocycles. The van der Waals surface area contributed by atoms with Crippen molar-refractivity contribution in [3.8, 4) is 0 Å². The van der Waals surface area contributed by atoms with Crippen LogP contribution in [0.3, 0.4) is 0 Å². The molecule has 0 saturated heterocycles. The highest BCUT2D eigenvalue weighted by atomic mass is 35.5. The van der Waals surface area contributed by atoms with Gasteiger partial charge < -0.3 is 14.8 Å². The van der Waals surface area contributed by atoms with Crippen molar-refractivity contribution in [2.45, 2.75) is 19.4 Å². The van der Waals surface area contributed by atoms with Gasteiger partial charge in [0.25, 0.3) is 5.91 Å². The summed E-state index contributed by atoms with van der Waals surface area (Å²) in [5.41, 5.74) is 2.75. The van der Waals surface area contributed by atoms with Crippen molar-refractivity contribution in [1.29, 1.82) is 0 Å². The maximum absolute atomic E-state index is 13.0. The number of hydrogen-bond donors (Lipinski definition) is 1. The lowest BCUT2D eigenvalue weighted by Crippen LogP contribution is -2.43. The first-order valence-corrected chi connectivity index (χ1v) is 9.54. The van der Waals surface area contributed by atoms with Crippen molar-refractivity contribution >= 4 is 29.3 Å². The Bertz CT molecular complexity index is 890. The second-order valence-electron chi connectivity index (χ2n) is 6.75. The number of hydrazone groups is 1. The molecule has 2 heterocycles. The summed E-state index contributed by atoms with van der Waals surface area (Å²) in [7, 11) is 3.54. The fraction of sp³-hybridized carbons (Fsp3) is 0.350. The fourth-order valence-corrected chi connectivity index (χ4v) is 3.36. The van der Waals surface area contributed by atoms with E-state index in [1.54, 1.807) is 19.2 Å². The molecule has 0 aliphatic carbocycles. The van der Waals surface area contributed by atoms with Crippen LogP contribution in [0, 0.1) is 0 Å². The zero-order valence-electron chi connectivity index (χ0n) is 16.2. The number of urea groups is 1. The van der Waals surface area contributed by atoms with Crippen LogP contribution in [0.15, 0.2) is 47.7 Å². The molecule has 0 radical (unpaired) electrons. The summed E-state index contributed by atoms with van der Waals surface area (Å²) in [5, 5.41) is 9.44. The van der Waals surface area contributed by atoms with Gasteiger partial charge in [0.2, 0.25) is 0 Å². The van der Waals surface area contributed by atoms with Crippen LogP contribution >= 0.6 is 11.6 Å². The zero-order valence-corrected chi connectivity index (χ0v) is 17.0. The highest BCUT2D eigenvalue weighted by Gasteiger charge is 2.34. The Morgan fingerprint density at radius 3 is 2.61 bits per heavy atom. The monoisotopic (exact) mass is 401 g/mol. The number of benzene rings is 1. The highest BCUT2D eigenvalue weighted by Crippen LogP contribution is 2.33. The van der Waals surface area contributed by atoms with Crippen molar-refractivity contribution in [1.82, 2.24) is 19.8 Å².